The first-order chi connectivity index (χ1) is 10.0. The van der Waals surface area contributed by atoms with Gasteiger partial charge in [-0.3, -0.25) is 19.3 Å². The van der Waals surface area contributed by atoms with Crippen LogP contribution in [0.2, 0.25) is 0 Å². The molecule has 2 rings (SSSR count). The molecule has 5 heteroatoms. The molecule has 2 amide bonds. The number of ether oxygens (including phenoxy) is 1. The van der Waals surface area contributed by atoms with Crippen molar-refractivity contribution in [2.45, 2.75) is 32.6 Å². The van der Waals surface area contributed by atoms with Crippen molar-refractivity contribution in [2.75, 3.05) is 13.7 Å². The van der Waals surface area contributed by atoms with Gasteiger partial charge in [-0.05, 0) is 18.9 Å². The van der Waals surface area contributed by atoms with E-state index in [-0.39, 0.29) is 24.0 Å². The molecule has 5 nitrogen and oxygen atoms in total. The second-order valence-corrected chi connectivity index (χ2v) is 5.08. The molecule has 0 spiro atoms. The summed E-state index contributed by atoms with van der Waals surface area (Å²) in [6.07, 6.45) is 1.39. The fourth-order valence-corrected chi connectivity index (χ4v) is 2.63. The van der Waals surface area contributed by atoms with Crippen LogP contribution in [-0.2, 0) is 16.0 Å². The topological polar surface area (TPSA) is 63.7 Å². The Morgan fingerprint density at radius 2 is 1.95 bits per heavy atom. The summed E-state index contributed by atoms with van der Waals surface area (Å²) in [5.74, 6) is 0.173. The standard InChI is InChI=1S/C16H19NO4/c1-11(18)17-10-4-6-14(19)12-5-3-7-15(21-2)13(12)8-9-16(17)20/h3,5,7H,4,6,8-10H2,1-2H3. The Morgan fingerprint density at radius 1 is 1.19 bits per heavy atom. The smallest absolute Gasteiger partial charge is 0.229 e. The van der Waals surface area contributed by atoms with Gasteiger partial charge in [0.2, 0.25) is 11.8 Å². The van der Waals surface area contributed by atoms with Gasteiger partial charge in [-0.2, -0.15) is 0 Å². The van der Waals surface area contributed by atoms with Crippen molar-refractivity contribution in [2.24, 2.45) is 0 Å². The highest BCUT2D eigenvalue weighted by Gasteiger charge is 2.23. The maximum absolute atomic E-state index is 12.3. The molecule has 1 aliphatic rings. The van der Waals surface area contributed by atoms with Crippen LogP contribution in [0.4, 0.5) is 0 Å². The zero-order chi connectivity index (χ0) is 15.4. The molecular weight excluding hydrogens is 270 g/mol. The van der Waals surface area contributed by atoms with E-state index in [1.54, 1.807) is 25.3 Å². The number of carbonyl (C=O) groups excluding carboxylic acids is 3. The quantitative estimate of drug-likeness (QED) is 0.793. The third-order valence-corrected chi connectivity index (χ3v) is 3.71. The van der Waals surface area contributed by atoms with Crippen molar-refractivity contribution >= 4 is 17.6 Å². The summed E-state index contributed by atoms with van der Waals surface area (Å²) < 4.78 is 5.29. The molecule has 0 radical (unpaired) electrons. The van der Waals surface area contributed by atoms with Crippen LogP contribution in [0.15, 0.2) is 18.2 Å². The van der Waals surface area contributed by atoms with Gasteiger partial charge >= 0.3 is 0 Å². The number of hydrogen-bond acceptors (Lipinski definition) is 4. The zero-order valence-electron chi connectivity index (χ0n) is 12.3. The number of methoxy groups -OCH3 is 1. The van der Waals surface area contributed by atoms with Gasteiger partial charge in [0.25, 0.3) is 0 Å². The molecule has 1 aliphatic heterocycles. The fourth-order valence-electron chi connectivity index (χ4n) is 2.63. The Labute approximate surface area is 123 Å². The first-order valence-electron chi connectivity index (χ1n) is 7.04. The van der Waals surface area contributed by atoms with E-state index < -0.39 is 0 Å². The van der Waals surface area contributed by atoms with E-state index in [0.29, 0.717) is 37.1 Å². The van der Waals surface area contributed by atoms with E-state index in [0.717, 1.165) is 5.56 Å². The van der Waals surface area contributed by atoms with Crippen molar-refractivity contribution in [3.63, 3.8) is 0 Å². The summed E-state index contributed by atoms with van der Waals surface area (Å²) >= 11 is 0. The minimum absolute atomic E-state index is 0.0294. The molecule has 0 N–H and O–H groups in total. The summed E-state index contributed by atoms with van der Waals surface area (Å²) in [6.45, 7) is 1.68. The lowest BCUT2D eigenvalue weighted by atomic mass is 9.95. The maximum atomic E-state index is 12.3. The molecule has 0 fully saturated rings. The number of imide groups is 1. The van der Waals surface area contributed by atoms with Crippen molar-refractivity contribution in [3.05, 3.63) is 29.3 Å². The second kappa shape index (κ2) is 6.52. The summed E-state index contributed by atoms with van der Waals surface area (Å²) in [5, 5.41) is 0. The number of carbonyl (C=O) groups is 3. The molecule has 21 heavy (non-hydrogen) atoms. The number of rotatable bonds is 1. The molecule has 0 saturated heterocycles. The normalized spacial score (nSPS) is 16.4. The Bertz CT molecular complexity index is 580. The third-order valence-electron chi connectivity index (χ3n) is 3.71. The molecular formula is C16H19NO4. The maximum Gasteiger partial charge on any atom is 0.229 e. The van der Waals surface area contributed by atoms with E-state index in [1.807, 2.05) is 0 Å². The van der Waals surface area contributed by atoms with E-state index in [9.17, 15) is 14.4 Å². The van der Waals surface area contributed by atoms with Gasteiger partial charge in [0.1, 0.15) is 5.75 Å². The number of Topliss-reactive ketones (excluding diaryl/α,β-unsaturated/α-hetero) is 1. The molecule has 0 unspecified atom stereocenters. The molecule has 1 aromatic carbocycles. The summed E-state index contributed by atoms with van der Waals surface area (Å²) in [5.41, 5.74) is 1.38. The van der Waals surface area contributed by atoms with Crippen molar-refractivity contribution in [1.82, 2.24) is 4.90 Å². The average molecular weight is 289 g/mol. The first kappa shape index (κ1) is 15.2. The molecule has 0 atom stereocenters. The minimum Gasteiger partial charge on any atom is -0.496 e. The summed E-state index contributed by atoms with van der Waals surface area (Å²) in [7, 11) is 1.54. The van der Waals surface area contributed by atoms with Crippen LogP contribution in [0.5, 0.6) is 5.75 Å². The minimum atomic E-state index is -0.270. The first-order valence-corrected chi connectivity index (χ1v) is 7.04. The van der Waals surface area contributed by atoms with Gasteiger partial charge in [-0.25, -0.2) is 0 Å². The number of nitrogens with zero attached hydrogens (tertiary/aromatic N) is 1. The Hall–Kier alpha value is -2.17. The van der Waals surface area contributed by atoms with Gasteiger partial charge in [0.15, 0.2) is 5.78 Å². The summed E-state index contributed by atoms with van der Waals surface area (Å²) in [4.78, 5) is 37.2. The largest absolute Gasteiger partial charge is 0.496 e. The van der Waals surface area contributed by atoms with Gasteiger partial charge in [-0.15, -0.1) is 0 Å². The predicted molar refractivity (Wildman–Crippen MR) is 77.3 cm³/mol. The van der Waals surface area contributed by atoms with E-state index in [2.05, 4.69) is 0 Å². The lowest BCUT2D eigenvalue weighted by molar-refractivity contribution is -0.143. The van der Waals surface area contributed by atoms with Crippen LogP contribution >= 0.6 is 0 Å². The second-order valence-electron chi connectivity index (χ2n) is 5.08. The Kier molecular flexibility index (Phi) is 4.73. The molecule has 112 valence electrons. The zero-order valence-corrected chi connectivity index (χ0v) is 12.3. The molecule has 1 heterocycles. The number of hydrogen-bond donors (Lipinski definition) is 0. The van der Waals surface area contributed by atoms with Crippen LogP contribution in [-0.4, -0.2) is 36.2 Å². The Morgan fingerprint density at radius 3 is 2.62 bits per heavy atom. The van der Waals surface area contributed by atoms with Gasteiger partial charge in [-0.1, -0.05) is 12.1 Å². The van der Waals surface area contributed by atoms with Gasteiger partial charge < -0.3 is 4.74 Å². The number of ketones is 1. The van der Waals surface area contributed by atoms with E-state index in [1.165, 1.54) is 11.8 Å². The fraction of sp³-hybridized carbons (Fsp3) is 0.438. The van der Waals surface area contributed by atoms with Gasteiger partial charge in [0.05, 0.1) is 7.11 Å². The van der Waals surface area contributed by atoms with E-state index in [4.69, 9.17) is 4.74 Å². The molecule has 1 aromatic rings. The molecule has 0 aromatic heterocycles. The lowest BCUT2D eigenvalue weighted by Crippen LogP contribution is -2.36. The van der Waals surface area contributed by atoms with Crippen LogP contribution in [0.1, 0.15) is 42.1 Å². The summed E-state index contributed by atoms with van der Waals surface area (Å²) in [6, 6.07) is 5.34. The lowest BCUT2D eigenvalue weighted by Gasteiger charge is -2.21. The monoisotopic (exact) mass is 289 g/mol. The SMILES string of the molecule is COc1cccc2c1CCC(=O)N(C(C)=O)CCCC2=O. The average Bonchev–Trinajstić information content (AvgIpc) is 2.47. The van der Waals surface area contributed by atoms with E-state index >= 15 is 0 Å². The predicted octanol–water partition coefficient (Wildman–Crippen LogP) is 1.98. The van der Waals surface area contributed by atoms with Crippen molar-refractivity contribution < 1.29 is 19.1 Å². The van der Waals surface area contributed by atoms with Crippen LogP contribution in [0.3, 0.4) is 0 Å². The Balaban J connectivity index is 2.36. The molecule has 0 aliphatic carbocycles. The highest BCUT2D eigenvalue weighted by molar-refractivity contribution is 5.99. The highest BCUT2D eigenvalue weighted by Crippen LogP contribution is 2.26. The number of amides is 2. The number of benzene rings is 1. The van der Waals surface area contributed by atoms with Gasteiger partial charge in [0, 0.05) is 37.4 Å². The molecule has 0 saturated carbocycles. The number of fused-ring (bicyclic) bond motifs is 1. The van der Waals surface area contributed by atoms with Crippen LogP contribution in [0, 0.1) is 0 Å². The molecule has 0 bridgehead atoms. The van der Waals surface area contributed by atoms with Crippen LogP contribution < -0.4 is 4.74 Å². The van der Waals surface area contributed by atoms with Crippen molar-refractivity contribution in [3.8, 4) is 5.75 Å². The van der Waals surface area contributed by atoms with Crippen LogP contribution in [0.25, 0.3) is 0 Å². The third kappa shape index (κ3) is 3.29. The van der Waals surface area contributed by atoms with Crippen molar-refractivity contribution in [1.29, 1.82) is 0 Å². The highest BCUT2D eigenvalue weighted by atomic mass is 16.5.